The molecule has 0 radical (unpaired) electrons. The standard InChI is InChI=1S/C27H54N2O2/c1-4-5-6-7-8-9-10-11-12-13-14-15-16-17-18-19-20-21-22-24-27(30)29(31)26-23-25-28(2)3/h11-12,29H,4-10,13-26H2,1-3H3/b12-11-. The lowest BCUT2D eigenvalue weighted by Crippen LogP contribution is -3.10. The van der Waals surface area contributed by atoms with Gasteiger partial charge in [0.1, 0.15) is 0 Å². The van der Waals surface area contributed by atoms with Crippen molar-refractivity contribution < 1.29 is 9.86 Å². The van der Waals surface area contributed by atoms with Crippen LogP contribution in [0.4, 0.5) is 0 Å². The lowest BCUT2D eigenvalue weighted by Gasteiger charge is -2.20. The zero-order valence-electron chi connectivity index (χ0n) is 21.3. The maximum absolute atomic E-state index is 11.8. The van der Waals surface area contributed by atoms with E-state index in [9.17, 15) is 10.0 Å². The van der Waals surface area contributed by atoms with Crippen LogP contribution in [0.15, 0.2) is 12.2 Å². The van der Waals surface area contributed by atoms with Gasteiger partial charge in [-0.2, -0.15) is 0 Å². The second-order valence-electron chi connectivity index (χ2n) is 9.50. The number of hydrogen-bond acceptors (Lipinski definition) is 3. The molecule has 1 atom stereocenters. The van der Waals surface area contributed by atoms with E-state index in [0.29, 0.717) is 13.0 Å². The normalized spacial score (nSPS) is 12.8. The Hall–Kier alpha value is -0.710. The van der Waals surface area contributed by atoms with Crippen molar-refractivity contribution in [1.29, 1.82) is 0 Å². The fraction of sp³-hybridized carbons (Fsp3) is 0.889. The first kappa shape index (κ1) is 30.3. The van der Waals surface area contributed by atoms with E-state index in [1.54, 1.807) is 0 Å². The molecule has 0 bridgehead atoms. The molecule has 0 aromatic heterocycles. The van der Waals surface area contributed by atoms with Crippen LogP contribution in [0.3, 0.4) is 0 Å². The zero-order valence-corrected chi connectivity index (χ0v) is 21.3. The van der Waals surface area contributed by atoms with Crippen molar-refractivity contribution >= 4 is 5.91 Å². The summed E-state index contributed by atoms with van der Waals surface area (Å²) in [6.07, 6.45) is 28.0. The van der Waals surface area contributed by atoms with Crippen LogP contribution in [0.2, 0.25) is 0 Å². The smallest absolute Gasteiger partial charge is 0.312 e. The number of carbonyl (C=O) groups is 1. The van der Waals surface area contributed by atoms with Crippen LogP contribution in [0.1, 0.15) is 129 Å². The average Bonchev–Trinajstić information content (AvgIpc) is 2.74. The van der Waals surface area contributed by atoms with Gasteiger partial charge in [0, 0.05) is 13.0 Å². The van der Waals surface area contributed by atoms with Crippen LogP contribution in [-0.4, -0.2) is 38.0 Å². The van der Waals surface area contributed by atoms with Gasteiger partial charge in [-0.05, 0) is 46.2 Å². The molecule has 1 N–H and O–H groups in total. The Morgan fingerprint density at radius 2 is 1.16 bits per heavy atom. The molecular formula is C27H54N2O2. The van der Waals surface area contributed by atoms with Crippen molar-refractivity contribution in [3.63, 3.8) is 0 Å². The van der Waals surface area contributed by atoms with Crippen molar-refractivity contribution in [3.05, 3.63) is 17.4 Å². The Bertz CT molecular complexity index is 410. The molecule has 0 aromatic rings. The number of nitrogens with zero attached hydrogens (tertiary/aromatic N) is 1. The Balaban J connectivity index is 3.27. The molecule has 4 heteroatoms. The highest BCUT2D eigenvalue weighted by Crippen LogP contribution is 2.12. The van der Waals surface area contributed by atoms with E-state index in [1.807, 2.05) is 19.0 Å². The summed E-state index contributed by atoms with van der Waals surface area (Å²) in [6, 6.07) is 0. The average molecular weight is 439 g/mol. The first-order chi connectivity index (χ1) is 15.1. The third-order valence-corrected chi connectivity index (χ3v) is 5.99. The van der Waals surface area contributed by atoms with Crippen molar-refractivity contribution in [2.24, 2.45) is 0 Å². The molecule has 4 nitrogen and oxygen atoms in total. The fourth-order valence-corrected chi connectivity index (χ4v) is 3.90. The minimum Gasteiger partial charge on any atom is -0.627 e. The molecule has 0 aliphatic carbocycles. The highest BCUT2D eigenvalue weighted by atomic mass is 16.5. The molecule has 0 aromatic carbocycles. The molecule has 0 spiro atoms. The minimum absolute atomic E-state index is 0.153. The van der Waals surface area contributed by atoms with E-state index in [4.69, 9.17) is 0 Å². The second kappa shape index (κ2) is 23.9. The molecule has 0 heterocycles. The quantitative estimate of drug-likeness (QED) is 0.113. The second-order valence-corrected chi connectivity index (χ2v) is 9.50. The van der Waals surface area contributed by atoms with E-state index < -0.39 is 0 Å². The van der Waals surface area contributed by atoms with Crippen LogP contribution >= 0.6 is 0 Å². The molecule has 0 fully saturated rings. The van der Waals surface area contributed by atoms with E-state index >= 15 is 0 Å². The molecule has 0 rings (SSSR count). The predicted octanol–water partition coefficient (Wildman–Crippen LogP) is 6.45. The summed E-state index contributed by atoms with van der Waals surface area (Å²) in [5, 5.41) is 11.6. The Labute approximate surface area is 194 Å². The summed E-state index contributed by atoms with van der Waals surface area (Å²) in [6.45, 7) is 3.55. The number of allylic oxidation sites excluding steroid dienone is 2. The minimum atomic E-state index is -0.167. The number of nitrogens with one attached hydrogen (secondary N) is 1. The summed E-state index contributed by atoms with van der Waals surface area (Å²) in [5.74, 6) is -0.153. The number of amides is 1. The topological polar surface area (TPSA) is 47.8 Å². The van der Waals surface area contributed by atoms with E-state index in [0.717, 1.165) is 25.8 Å². The third kappa shape index (κ3) is 23.8. The predicted molar refractivity (Wildman–Crippen MR) is 135 cm³/mol. The van der Waals surface area contributed by atoms with Crippen LogP contribution in [0.5, 0.6) is 0 Å². The van der Waals surface area contributed by atoms with Gasteiger partial charge in [-0.15, -0.1) is 0 Å². The number of quaternary nitrogens is 1. The van der Waals surface area contributed by atoms with Gasteiger partial charge in [0.15, 0.2) is 0 Å². The van der Waals surface area contributed by atoms with E-state index in [2.05, 4.69) is 19.1 Å². The molecule has 184 valence electrons. The number of hydrogen-bond donors (Lipinski definition) is 1. The summed E-state index contributed by atoms with van der Waals surface area (Å²) in [7, 11) is 3.98. The van der Waals surface area contributed by atoms with Gasteiger partial charge >= 0.3 is 5.91 Å². The molecule has 0 saturated carbocycles. The van der Waals surface area contributed by atoms with Gasteiger partial charge < -0.3 is 15.2 Å². The molecule has 0 saturated heterocycles. The summed E-state index contributed by atoms with van der Waals surface area (Å²) < 4.78 is 0. The van der Waals surface area contributed by atoms with Gasteiger partial charge in [-0.25, -0.2) is 4.79 Å². The van der Waals surface area contributed by atoms with Gasteiger partial charge in [0.05, 0.1) is 13.0 Å². The first-order valence-corrected chi connectivity index (χ1v) is 13.4. The Kier molecular flexibility index (Phi) is 23.4. The largest absolute Gasteiger partial charge is 0.627 e. The van der Waals surface area contributed by atoms with Crippen molar-refractivity contribution in [2.75, 3.05) is 27.2 Å². The third-order valence-electron chi connectivity index (χ3n) is 5.99. The SMILES string of the molecule is CCCCCCCC/C=C\CCCCCCCCCCCC(=O)[NH+]([O-])CCCN(C)C. The van der Waals surface area contributed by atoms with Crippen LogP contribution < -0.4 is 5.06 Å². The highest BCUT2D eigenvalue weighted by Gasteiger charge is 2.10. The molecule has 31 heavy (non-hydrogen) atoms. The molecule has 1 amide bonds. The number of carbonyl (C=O) groups excluding carboxylic acids is 1. The number of hydroxylamine groups is 2. The molecular weight excluding hydrogens is 384 g/mol. The van der Waals surface area contributed by atoms with Crippen molar-refractivity contribution in [3.8, 4) is 0 Å². The van der Waals surface area contributed by atoms with Crippen LogP contribution in [-0.2, 0) is 4.79 Å². The lowest BCUT2D eigenvalue weighted by atomic mass is 10.1. The first-order valence-electron chi connectivity index (χ1n) is 13.4. The zero-order chi connectivity index (χ0) is 23.0. The van der Waals surface area contributed by atoms with Crippen LogP contribution in [0, 0.1) is 5.21 Å². The molecule has 0 aliphatic rings. The van der Waals surface area contributed by atoms with Gasteiger partial charge in [0.25, 0.3) is 0 Å². The number of rotatable bonds is 23. The lowest BCUT2D eigenvalue weighted by molar-refractivity contribution is -0.765. The number of unbranched alkanes of at least 4 members (excludes halogenated alkanes) is 15. The van der Waals surface area contributed by atoms with Gasteiger partial charge in [-0.1, -0.05) is 96.1 Å². The maximum atomic E-state index is 11.8. The van der Waals surface area contributed by atoms with Crippen molar-refractivity contribution in [2.45, 2.75) is 129 Å². The van der Waals surface area contributed by atoms with Gasteiger partial charge in [-0.3, -0.25) is 0 Å². The van der Waals surface area contributed by atoms with Crippen LogP contribution in [0.25, 0.3) is 0 Å². The Morgan fingerprint density at radius 3 is 1.65 bits per heavy atom. The summed E-state index contributed by atoms with van der Waals surface area (Å²) in [5.41, 5.74) is 0. The molecule has 0 aliphatic heterocycles. The summed E-state index contributed by atoms with van der Waals surface area (Å²) >= 11 is 0. The van der Waals surface area contributed by atoms with Crippen molar-refractivity contribution in [1.82, 2.24) is 4.90 Å². The van der Waals surface area contributed by atoms with E-state index in [1.165, 1.54) is 96.3 Å². The summed E-state index contributed by atoms with van der Waals surface area (Å²) in [4.78, 5) is 13.9. The Morgan fingerprint density at radius 1 is 0.710 bits per heavy atom. The fourth-order valence-electron chi connectivity index (χ4n) is 3.90. The van der Waals surface area contributed by atoms with E-state index in [-0.39, 0.29) is 11.0 Å². The molecule has 1 unspecified atom stereocenters. The van der Waals surface area contributed by atoms with Gasteiger partial charge in [0.2, 0.25) is 0 Å². The maximum Gasteiger partial charge on any atom is 0.312 e. The highest BCUT2D eigenvalue weighted by molar-refractivity contribution is 5.66. The monoisotopic (exact) mass is 438 g/mol.